The van der Waals surface area contributed by atoms with Gasteiger partial charge in [-0.1, -0.05) is 11.3 Å². The van der Waals surface area contributed by atoms with Crippen LogP contribution in [0.4, 0.5) is 5.69 Å². The van der Waals surface area contributed by atoms with Crippen molar-refractivity contribution in [3.8, 4) is 5.75 Å². The van der Waals surface area contributed by atoms with Crippen LogP contribution < -0.4 is 10.1 Å². The number of aromatic nitrogens is 3. The van der Waals surface area contributed by atoms with Gasteiger partial charge in [0.15, 0.2) is 5.69 Å². The Morgan fingerprint density at radius 3 is 2.83 bits per heavy atom. The van der Waals surface area contributed by atoms with Gasteiger partial charge in [-0.25, -0.2) is 0 Å². The Labute approximate surface area is 105 Å². The van der Waals surface area contributed by atoms with Crippen molar-refractivity contribution in [1.82, 2.24) is 15.0 Å². The number of benzene rings is 1. The fourth-order valence-electron chi connectivity index (χ4n) is 1.56. The van der Waals surface area contributed by atoms with Gasteiger partial charge in [0.05, 0.1) is 19.0 Å². The third-order valence-corrected chi connectivity index (χ3v) is 2.44. The van der Waals surface area contributed by atoms with Gasteiger partial charge in [-0.3, -0.25) is 9.48 Å². The smallest absolute Gasteiger partial charge is 0.277 e. The van der Waals surface area contributed by atoms with Crippen molar-refractivity contribution in [3.05, 3.63) is 35.7 Å². The predicted molar refractivity (Wildman–Crippen MR) is 66.7 cm³/mol. The maximum atomic E-state index is 11.9. The van der Waals surface area contributed by atoms with E-state index in [0.29, 0.717) is 11.4 Å². The van der Waals surface area contributed by atoms with Crippen LogP contribution in [0.1, 0.15) is 16.1 Å². The van der Waals surface area contributed by atoms with Crippen molar-refractivity contribution in [2.45, 2.75) is 6.92 Å². The van der Waals surface area contributed by atoms with E-state index in [1.807, 2.05) is 25.1 Å². The standard InChI is InChI=1S/C12H14N4O2/c1-8-4-5-11(18-3)9(6-8)13-12(17)10-7-16(2)15-14-10/h4-7H,1-3H3,(H,13,17). The highest BCUT2D eigenvalue weighted by atomic mass is 16.5. The maximum Gasteiger partial charge on any atom is 0.277 e. The molecule has 18 heavy (non-hydrogen) atoms. The summed E-state index contributed by atoms with van der Waals surface area (Å²) >= 11 is 0. The molecule has 0 saturated heterocycles. The molecule has 0 radical (unpaired) electrons. The Balaban J connectivity index is 2.23. The predicted octanol–water partition coefficient (Wildman–Crippen LogP) is 1.38. The van der Waals surface area contributed by atoms with Gasteiger partial charge in [-0.2, -0.15) is 0 Å². The van der Waals surface area contributed by atoms with E-state index < -0.39 is 0 Å². The Hall–Kier alpha value is -2.37. The lowest BCUT2D eigenvalue weighted by molar-refractivity contribution is 0.102. The molecule has 1 heterocycles. The third kappa shape index (κ3) is 2.48. The van der Waals surface area contributed by atoms with Gasteiger partial charge in [-0.05, 0) is 24.6 Å². The van der Waals surface area contributed by atoms with Gasteiger partial charge in [0.2, 0.25) is 0 Å². The van der Waals surface area contributed by atoms with Gasteiger partial charge < -0.3 is 10.1 Å². The van der Waals surface area contributed by atoms with E-state index in [-0.39, 0.29) is 11.6 Å². The third-order valence-electron chi connectivity index (χ3n) is 2.44. The van der Waals surface area contributed by atoms with Crippen LogP contribution in [0, 0.1) is 6.92 Å². The first-order valence-electron chi connectivity index (χ1n) is 5.42. The second-order valence-electron chi connectivity index (χ2n) is 3.94. The van der Waals surface area contributed by atoms with E-state index in [4.69, 9.17) is 4.74 Å². The van der Waals surface area contributed by atoms with Gasteiger partial charge >= 0.3 is 0 Å². The summed E-state index contributed by atoms with van der Waals surface area (Å²) in [6.45, 7) is 1.94. The highest BCUT2D eigenvalue weighted by molar-refractivity contribution is 6.03. The summed E-state index contributed by atoms with van der Waals surface area (Å²) < 4.78 is 6.66. The van der Waals surface area contributed by atoms with Crippen LogP contribution in [-0.2, 0) is 7.05 Å². The molecule has 1 aromatic heterocycles. The number of hydrogen-bond donors (Lipinski definition) is 1. The second kappa shape index (κ2) is 4.87. The lowest BCUT2D eigenvalue weighted by Crippen LogP contribution is -2.13. The maximum absolute atomic E-state index is 11.9. The van der Waals surface area contributed by atoms with Crippen LogP contribution in [0.15, 0.2) is 24.4 Å². The molecule has 1 aromatic carbocycles. The molecule has 1 N–H and O–H groups in total. The van der Waals surface area contributed by atoms with Gasteiger partial charge in [0, 0.05) is 7.05 Å². The van der Waals surface area contributed by atoms with Crippen LogP contribution >= 0.6 is 0 Å². The lowest BCUT2D eigenvalue weighted by Gasteiger charge is -2.09. The number of rotatable bonds is 3. The number of hydrogen-bond acceptors (Lipinski definition) is 4. The highest BCUT2D eigenvalue weighted by Crippen LogP contribution is 2.25. The van der Waals surface area contributed by atoms with E-state index in [2.05, 4.69) is 15.6 Å². The van der Waals surface area contributed by atoms with E-state index in [0.717, 1.165) is 5.56 Å². The molecule has 0 fully saturated rings. The molecule has 0 saturated carbocycles. The summed E-state index contributed by atoms with van der Waals surface area (Å²) in [7, 11) is 3.26. The molecule has 1 amide bonds. The van der Waals surface area contributed by atoms with E-state index in [9.17, 15) is 4.79 Å². The molecule has 6 heteroatoms. The average Bonchev–Trinajstić information content (AvgIpc) is 2.76. The summed E-state index contributed by atoms with van der Waals surface area (Å²) in [5.41, 5.74) is 1.92. The molecule has 0 spiro atoms. The summed E-state index contributed by atoms with van der Waals surface area (Å²) in [6, 6.07) is 5.56. The number of methoxy groups -OCH3 is 1. The lowest BCUT2D eigenvalue weighted by atomic mass is 10.2. The van der Waals surface area contributed by atoms with Crippen molar-refractivity contribution in [1.29, 1.82) is 0 Å². The summed E-state index contributed by atoms with van der Waals surface area (Å²) in [5, 5.41) is 10.2. The number of anilines is 1. The van der Waals surface area contributed by atoms with Gasteiger partial charge in [-0.15, -0.1) is 5.10 Å². The number of nitrogens with one attached hydrogen (secondary N) is 1. The molecule has 0 unspecified atom stereocenters. The summed E-state index contributed by atoms with van der Waals surface area (Å²) in [5.74, 6) is 0.296. The Morgan fingerprint density at radius 1 is 1.44 bits per heavy atom. The fraction of sp³-hybridized carbons (Fsp3) is 0.250. The first kappa shape index (κ1) is 12.1. The van der Waals surface area contributed by atoms with Crippen molar-refractivity contribution in [2.24, 2.45) is 7.05 Å². The molecule has 6 nitrogen and oxygen atoms in total. The van der Waals surface area contributed by atoms with Gasteiger partial charge in [0.1, 0.15) is 5.75 Å². The molecule has 0 aliphatic carbocycles. The Morgan fingerprint density at radius 2 is 2.22 bits per heavy atom. The number of carbonyl (C=O) groups excluding carboxylic acids is 1. The minimum Gasteiger partial charge on any atom is -0.495 e. The van der Waals surface area contributed by atoms with Gasteiger partial charge in [0.25, 0.3) is 5.91 Å². The van der Waals surface area contributed by atoms with Crippen molar-refractivity contribution >= 4 is 11.6 Å². The van der Waals surface area contributed by atoms with E-state index >= 15 is 0 Å². The molecule has 2 aromatic rings. The quantitative estimate of drug-likeness (QED) is 0.888. The normalized spacial score (nSPS) is 10.2. The number of aryl methyl sites for hydroxylation is 2. The molecule has 94 valence electrons. The number of carbonyl (C=O) groups is 1. The summed E-state index contributed by atoms with van der Waals surface area (Å²) in [4.78, 5) is 11.9. The van der Waals surface area contributed by atoms with Crippen LogP contribution in [0.2, 0.25) is 0 Å². The van der Waals surface area contributed by atoms with Crippen molar-refractivity contribution < 1.29 is 9.53 Å². The largest absolute Gasteiger partial charge is 0.495 e. The van der Waals surface area contributed by atoms with Crippen LogP contribution in [0.5, 0.6) is 5.75 Å². The second-order valence-corrected chi connectivity index (χ2v) is 3.94. The number of amides is 1. The summed E-state index contributed by atoms with van der Waals surface area (Å²) in [6.07, 6.45) is 1.55. The topological polar surface area (TPSA) is 69.0 Å². The highest BCUT2D eigenvalue weighted by Gasteiger charge is 2.12. The minimum atomic E-state index is -0.313. The zero-order chi connectivity index (χ0) is 13.1. The number of ether oxygens (including phenoxy) is 1. The van der Waals surface area contributed by atoms with Crippen molar-refractivity contribution in [2.75, 3.05) is 12.4 Å². The Bertz CT molecular complexity index is 577. The zero-order valence-electron chi connectivity index (χ0n) is 10.5. The zero-order valence-corrected chi connectivity index (χ0v) is 10.5. The monoisotopic (exact) mass is 246 g/mol. The van der Waals surface area contributed by atoms with Crippen LogP contribution in [0.3, 0.4) is 0 Å². The fourth-order valence-corrected chi connectivity index (χ4v) is 1.56. The molecule has 0 bridgehead atoms. The van der Waals surface area contributed by atoms with E-state index in [1.165, 1.54) is 4.68 Å². The molecular weight excluding hydrogens is 232 g/mol. The Kier molecular flexibility index (Phi) is 3.27. The van der Waals surface area contributed by atoms with Crippen molar-refractivity contribution in [3.63, 3.8) is 0 Å². The van der Waals surface area contributed by atoms with Crippen LogP contribution in [-0.4, -0.2) is 28.0 Å². The molecule has 0 aliphatic rings. The van der Waals surface area contributed by atoms with E-state index in [1.54, 1.807) is 20.4 Å². The SMILES string of the molecule is COc1ccc(C)cc1NC(=O)c1cn(C)nn1. The minimum absolute atomic E-state index is 0.265. The average molecular weight is 246 g/mol. The molecule has 0 aliphatic heterocycles. The molecule has 2 rings (SSSR count). The molecule has 0 atom stereocenters. The number of nitrogens with zero attached hydrogens (tertiary/aromatic N) is 3. The first-order valence-corrected chi connectivity index (χ1v) is 5.42. The molecular formula is C12H14N4O2. The first-order chi connectivity index (χ1) is 8.60. The van der Waals surface area contributed by atoms with Crippen LogP contribution in [0.25, 0.3) is 0 Å².